The van der Waals surface area contributed by atoms with Gasteiger partial charge in [0.1, 0.15) is 5.82 Å². The van der Waals surface area contributed by atoms with Crippen molar-refractivity contribution in [2.75, 3.05) is 24.2 Å². The van der Waals surface area contributed by atoms with Crippen LogP contribution in [0.5, 0.6) is 0 Å². The Balaban J connectivity index is 1.79. The summed E-state index contributed by atoms with van der Waals surface area (Å²) < 4.78 is 67.6. The van der Waals surface area contributed by atoms with E-state index in [0.717, 1.165) is 60.9 Å². The van der Waals surface area contributed by atoms with Crippen LogP contribution in [0.4, 0.5) is 24.7 Å². The fourth-order valence-corrected chi connectivity index (χ4v) is 5.81. The Morgan fingerprint density at radius 2 is 1.69 bits per heavy atom. The van der Waals surface area contributed by atoms with E-state index in [9.17, 15) is 21.6 Å². The summed E-state index contributed by atoms with van der Waals surface area (Å²) in [6.45, 7) is 11.3. The molecule has 0 amide bonds. The van der Waals surface area contributed by atoms with Gasteiger partial charge in [0.15, 0.2) is 0 Å². The average molecular weight is 527 g/mol. The van der Waals surface area contributed by atoms with E-state index in [1.807, 2.05) is 33.0 Å². The number of benzene rings is 1. The lowest BCUT2D eigenvalue weighted by Gasteiger charge is -2.42. The van der Waals surface area contributed by atoms with E-state index in [4.69, 9.17) is 4.98 Å². The highest BCUT2D eigenvalue weighted by molar-refractivity contribution is 7.89. The van der Waals surface area contributed by atoms with Crippen molar-refractivity contribution >= 4 is 21.5 Å². The molecule has 1 aromatic heterocycles. The van der Waals surface area contributed by atoms with Crippen LogP contribution in [0.25, 0.3) is 0 Å². The summed E-state index contributed by atoms with van der Waals surface area (Å²) in [7, 11) is -2.18. The molecule has 1 saturated carbocycles. The molecule has 2 aromatic rings. The first-order chi connectivity index (χ1) is 16.5. The topological polar surface area (TPSA) is 83.1 Å². The highest BCUT2D eigenvalue weighted by atomic mass is 32.2. The minimum Gasteiger partial charge on any atom is -0.382 e. The van der Waals surface area contributed by atoms with Crippen LogP contribution in [-0.2, 0) is 16.2 Å². The maximum atomic E-state index is 13.1. The zero-order valence-corrected chi connectivity index (χ0v) is 22.6. The van der Waals surface area contributed by atoms with Gasteiger partial charge in [0, 0.05) is 31.2 Å². The minimum atomic E-state index is -4.52. The van der Waals surface area contributed by atoms with Gasteiger partial charge in [-0.25, -0.2) is 18.1 Å². The van der Waals surface area contributed by atoms with Crippen LogP contribution in [-0.4, -0.2) is 33.0 Å². The molecule has 6 nitrogen and oxygen atoms in total. The van der Waals surface area contributed by atoms with Crippen LogP contribution in [0, 0.1) is 10.8 Å². The molecule has 3 N–H and O–H groups in total. The van der Waals surface area contributed by atoms with Gasteiger partial charge in [0.25, 0.3) is 0 Å². The van der Waals surface area contributed by atoms with Gasteiger partial charge in [-0.05, 0) is 66.5 Å². The smallest absolute Gasteiger partial charge is 0.382 e. The van der Waals surface area contributed by atoms with Crippen molar-refractivity contribution in [2.45, 2.75) is 76.9 Å². The second-order valence-corrected chi connectivity index (χ2v) is 13.2. The van der Waals surface area contributed by atoms with Gasteiger partial charge in [-0.15, -0.1) is 0 Å². The highest BCUT2D eigenvalue weighted by Crippen LogP contribution is 2.43. The van der Waals surface area contributed by atoms with Crippen LogP contribution >= 0.6 is 0 Å². The monoisotopic (exact) mass is 526 g/mol. The maximum absolute atomic E-state index is 13.1. The zero-order chi connectivity index (χ0) is 26.9. The summed E-state index contributed by atoms with van der Waals surface area (Å²) in [5.74, 6) is 0.783. The Kier molecular flexibility index (Phi) is 8.01. The van der Waals surface area contributed by atoms with E-state index < -0.39 is 27.8 Å². The molecule has 200 valence electrons. The molecule has 0 radical (unpaired) electrons. The van der Waals surface area contributed by atoms with Gasteiger partial charge in [-0.1, -0.05) is 34.6 Å². The van der Waals surface area contributed by atoms with Gasteiger partial charge in [0.05, 0.1) is 16.1 Å². The number of rotatable bonds is 7. The minimum absolute atomic E-state index is 0.0436. The van der Waals surface area contributed by atoms with Crippen LogP contribution < -0.4 is 15.4 Å². The highest BCUT2D eigenvalue weighted by Gasteiger charge is 2.40. The standard InChI is InChI=1S/C26H37F3N4O2S/c1-24(2,3)16-31-21-12-11-20(32-23(21)30-6)17-13-14-25(4,5)22(15-17)33-36(34,35)19-9-7-18(8-10-19)26(27,28)29/h7-12,17,22,31,33H,13-16H2,1-6H3,(H,30,32). The molecular formula is C26H37F3N4O2S. The van der Waals surface area contributed by atoms with Crippen LogP contribution in [0.3, 0.4) is 0 Å². The molecule has 0 bridgehead atoms. The van der Waals surface area contributed by atoms with Crippen molar-refractivity contribution in [3.8, 4) is 0 Å². The summed E-state index contributed by atoms with van der Waals surface area (Å²) in [5, 5.41) is 6.58. The number of alkyl halides is 3. The molecule has 10 heteroatoms. The lowest BCUT2D eigenvalue weighted by atomic mass is 9.69. The SMILES string of the molecule is CNc1nc(C2CCC(C)(C)C(NS(=O)(=O)c3ccc(C(F)(F)F)cc3)C2)ccc1NCC(C)(C)C. The van der Waals surface area contributed by atoms with Crippen LogP contribution in [0.15, 0.2) is 41.3 Å². The van der Waals surface area contributed by atoms with Gasteiger partial charge in [-0.2, -0.15) is 13.2 Å². The fraction of sp³-hybridized carbons (Fsp3) is 0.577. The third kappa shape index (κ3) is 6.91. The number of aromatic nitrogens is 1. The Hall–Kier alpha value is -2.33. The second-order valence-electron chi connectivity index (χ2n) is 11.5. The van der Waals surface area contributed by atoms with Crippen molar-refractivity contribution < 1.29 is 21.6 Å². The number of nitrogens with one attached hydrogen (secondary N) is 3. The summed E-state index contributed by atoms with van der Waals surface area (Å²) in [4.78, 5) is 4.65. The van der Waals surface area contributed by atoms with Crippen molar-refractivity contribution in [2.24, 2.45) is 10.8 Å². The lowest BCUT2D eigenvalue weighted by molar-refractivity contribution is -0.137. The summed E-state index contributed by atoms with van der Waals surface area (Å²) in [6.07, 6.45) is -2.35. The third-order valence-corrected chi connectivity index (χ3v) is 8.26. The van der Waals surface area contributed by atoms with E-state index in [-0.39, 0.29) is 21.6 Å². The second kappa shape index (κ2) is 10.2. The molecule has 0 aliphatic heterocycles. The molecule has 1 heterocycles. The molecule has 0 saturated heterocycles. The maximum Gasteiger partial charge on any atom is 0.416 e. The molecule has 2 unspecified atom stereocenters. The molecule has 1 fully saturated rings. The van der Waals surface area contributed by atoms with Crippen molar-refractivity contribution in [3.63, 3.8) is 0 Å². The quantitative estimate of drug-likeness (QED) is 0.398. The van der Waals surface area contributed by atoms with E-state index in [1.54, 1.807) is 0 Å². The predicted molar refractivity (Wildman–Crippen MR) is 138 cm³/mol. The number of halogens is 3. The van der Waals surface area contributed by atoms with Crippen molar-refractivity contribution in [1.29, 1.82) is 0 Å². The Bertz CT molecular complexity index is 1160. The van der Waals surface area contributed by atoms with E-state index in [2.05, 4.69) is 36.1 Å². The normalized spacial score (nSPS) is 20.7. The molecule has 1 aliphatic rings. The van der Waals surface area contributed by atoms with Gasteiger partial charge in [-0.3, -0.25) is 0 Å². The first-order valence-electron chi connectivity index (χ1n) is 12.1. The average Bonchev–Trinajstić information content (AvgIpc) is 2.78. The Labute approximate surface area is 212 Å². The van der Waals surface area contributed by atoms with Crippen molar-refractivity contribution in [3.05, 3.63) is 47.7 Å². The van der Waals surface area contributed by atoms with E-state index >= 15 is 0 Å². The van der Waals surface area contributed by atoms with E-state index in [1.165, 1.54) is 0 Å². The fourth-order valence-electron chi connectivity index (χ4n) is 4.39. The molecule has 0 spiro atoms. The molecular weight excluding hydrogens is 489 g/mol. The zero-order valence-electron chi connectivity index (χ0n) is 21.8. The van der Waals surface area contributed by atoms with Crippen molar-refractivity contribution in [1.82, 2.24) is 9.71 Å². The summed E-state index contributed by atoms with van der Waals surface area (Å²) in [6, 6.07) is 7.17. The number of hydrogen-bond acceptors (Lipinski definition) is 5. The number of sulfonamides is 1. The van der Waals surface area contributed by atoms with Crippen LogP contribution in [0.1, 0.15) is 71.1 Å². The van der Waals surface area contributed by atoms with Gasteiger partial charge >= 0.3 is 6.18 Å². The summed E-state index contributed by atoms with van der Waals surface area (Å²) >= 11 is 0. The molecule has 2 atom stereocenters. The molecule has 36 heavy (non-hydrogen) atoms. The third-order valence-electron chi connectivity index (χ3n) is 6.77. The first kappa shape index (κ1) is 28.2. The van der Waals surface area contributed by atoms with Gasteiger partial charge < -0.3 is 10.6 Å². The van der Waals surface area contributed by atoms with E-state index in [0.29, 0.717) is 6.42 Å². The Morgan fingerprint density at radius 3 is 2.25 bits per heavy atom. The largest absolute Gasteiger partial charge is 0.416 e. The number of anilines is 2. The number of pyridine rings is 1. The first-order valence-corrected chi connectivity index (χ1v) is 13.6. The number of hydrogen-bond donors (Lipinski definition) is 3. The van der Waals surface area contributed by atoms with Crippen LogP contribution in [0.2, 0.25) is 0 Å². The lowest BCUT2D eigenvalue weighted by Crippen LogP contribution is -2.48. The Morgan fingerprint density at radius 1 is 1.06 bits per heavy atom. The number of nitrogens with zero attached hydrogens (tertiary/aromatic N) is 1. The molecule has 3 rings (SSSR count). The van der Waals surface area contributed by atoms with Gasteiger partial charge in [0.2, 0.25) is 10.0 Å². The summed E-state index contributed by atoms with van der Waals surface area (Å²) in [5.41, 5.74) is 0.694. The molecule has 1 aromatic carbocycles. The molecule has 1 aliphatic carbocycles. The predicted octanol–water partition coefficient (Wildman–Crippen LogP) is 6.24.